The van der Waals surface area contributed by atoms with E-state index in [1.54, 1.807) is 6.92 Å². The third-order valence-electron chi connectivity index (χ3n) is 5.50. The fraction of sp³-hybridized carbons (Fsp3) is 0.429. The van der Waals surface area contributed by atoms with Crippen LogP contribution in [0.4, 0.5) is 13.2 Å². The normalized spacial score (nSPS) is 22.8. The van der Waals surface area contributed by atoms with Crippen molar-refractivity contribution in [3.63, 3.8) is 0 Å². The van der Waals surface area contributed by atoms with Crippen molar-refractivity contribution < 1.29 is 27.8 Å². The van der Waals surface area contributed by atoms with Gasteiger partial charge in [0.05, 0.1) is 31.1 Å². The number of aliphatic hydroxyl groups is 1. The molecule has 1 fully saturated rings. The average Bonchev–Trinajstić information content (AvgIpc) is 3.31. The minimum atomic E-state index is -3.31. The van der Waals surface area contributed by atoms with E-state index in [0.717, 1.165) is 6.07 Å². The van der Waals surface area contributed by atoms with Crippen LogP contribution in [0.15, 0.2) is 46.9 Å². The number of aromatic nitrogens is 3. The molecule has 0 saturated carbocycles. The summed E-state index contributed by atoms with van der Waals surface area (Å²) in [5.41, 5.74) is 0.591. The number of carbonyl (C=O) groups is 1. The van der Waals surface area contributed by atoms with E-state index in [4.69, 9.17) is 16.3 Å². The maximum absolute atomic E-state index is 14.2. The average molecular weight is 499 g/mol. The quantitative estimate of drug-likeness (QED) is 0.608. The molecule has 9 nitrogen and oxygen atoms in total. The molecule has 182 valence electrons. The van der Waals surface area contributed by atoms with E-state index in [9.17, 15) is 23.1 Å². The first kappa shape index (κ1) is 24.2. The molecule has 0 amide bonds. The van der Waals surface area contributed by atoms with Crippen LogP contribution in [0.1, 0.15) is 24.9 Å². The Labute approximate surface area is 197 Å². The molecule has 0 spiro atoms. The molecule has 1 aromatic heterocycles. The van der Waals surface area contributed by atoms with Gasteiger partial charge in [0.1, 0.15) is 18.0 Å². The molecule has 13 heteroatoms. The molecule has 4 rings (SSSR count). The van der Waals surface area contributed by atoms with Crippen molar-refractivity contribution in [2.75, 3.05) is 26.2 Å². The summed E-state index contributed by atoms with van der Waals surface area (Å²) in [6.07, 6.45) is 0.962. The van der Waals surface area contributed by atoms with Crippen molar-refractivity contribution in [3.8, 4) is 0 Å². The number of nitrogens with zero attached hydrogens (tertiary/aromatic N) is 5. The first-order valence-corrected chi connectivity index (χ1v) is 10.9. The van der Waals surface area contributed by atoms with Gasteiger partial charge in [-0.05, 0) is 25.5 Å². The van der Waals surface area contributed by atoms with Gasteiger partial charge >= 0.3 is 5.97 Å². The number of rotatable bonds is 5. The molecule has 2 aromatic rings. The molecular weight excluding hydrogens is 477 g/mol. The first-order chi connectivity index (χ1) is 16.2. The number of likely N-dealkylation sites (tertiary alicyclic amines) is 1. The first-order valence-electron chi connectivity index (χ1n) is 10.5. The summed E-state index contributed by atoms with van der Waals surface area (Å²) in [4.78, 5) is 20.1. The van der Waals surface area contributed by atoms with Gasteiger partial charge in [-0.3, -0.25) is 4.90 Å². The molecular formula is C21H22ClF3N6O3. The SMILES string of the molecule is CCOC(=O)C1=C(CN2CCC(O)C(F)(F)C2)NC(n2nccn2)=N[C@@H]1c1ccc(F)cc1Cl. The molecule has 2 atom stereocenters. The standard InChI is InChI=1S/C21H22ClF3N6O3/c1-2-34-19(33)17-15(10-30-8-5-16(32)21(24,25)11-30)28-20(31-26-6-7-27-31)29-18(17)13-4-3-12(23)9-14(13)22/h3-4,6-7,9,16,18,32H,2,5,8,10-11H2,1H3,(H,28,29)/t16?,18-/m1/s1. The fourth-order valence-corrected chi connectivity index (χ4v) is 4.16. The van der Waals surface area contributed by atoms with E-state index in [1.165, 1.54) is 34.2 Å². The Bertz CT molecular complexity index is 1120. The van der Waals surface area contributed by atoms with Gasteiger partial charge in [-0.25, -0.2) is 23.0 Å². The maximum atomic E-state index is 14.2. The summed E-state index contributed by atoms with van der Waals surface area (Å²) in [5.74, 6) is -4.49. The van der Waals surface area contributed by atoms with E-state index in [1.807, 2.05) is 0 Å². The zero-order valence-corrected chi connectivity index (χ0v) is 18.8. The number of ether oxygens (including phenoxy) is 1. The van der Waals surface area contributed by atoms with E-state index in [0.29, 0.717) is 5.56 Å². The summed E-state index contributed by atoms with van der Waals surface area (Å²) >= 11 is 6.30. The zero-order valence-electron chi connectivity index (χ0n) is 18.1. The number of alkyl halides is 2. The molecule has 1 unspecified atom stereocenters. The second-order valence-corrected chi connectivity index (χ2v) is 8.26. The van der Waals surface area contributed by atoms with Crippen molar-refractivity contribution in [1.82, 2.24) is 25.2 Å². The summed E-state index contributed by atoms with van der Waals surface area (Å²) in [6.45, 7) is 1.05. The Kier molecular flexibility index (Phi) is 6.91. The maximum Gasteiger partial charge on any atom is 0.338 e. The predicted octanol–water partition coefficient (Wildman–Crippen LogP) is 2.14. The van der Waals surface area contributed by atoms with E-state index in [2.05, 4.69) is 20.5 Å². The number of halogens is 4. The molecule has 1 aromatic carbocycles. The molecule has 34 heavy (non-hydrogen) atoms. The lowest BCUT2D eigenvalue weighted by atomic mass is 9.95. The molecule has 3 heterocycles. The van der Waals surface area contributed by atoms with Crippen LogP contribution in [0.2, 0.25) is 5.02 Å². The molecule has 2 N–H and O–H groups in total. The number of aliphatic imine (C=N–C) groups is 1. The lowest BCUT2D eigenvalue weighted by Gasteiger charge is -2.37. The highest BCUT2D eigenvalue weighted by Gasteiger charge is 2.44. The molecule has 2 aliphatic rings. The summed E-state index contributed by atoms with van der Waals surface area (Å²) in [7, 11) is 0. The van der Waals surface area contributed by atoms with Crippen LogP contribution in [-0.2, 0) is 9.53 Å². The number of carbonyl (C=O) groups excluding carboxylic acids is 1. The van der Waals surface area contributed by atoms with Gasteiger partial charge in [-0.15, -0.1) is 4.80 Å². The number of aliphatic hydroxyl groups excluding tert-OH is 1. The van der Waals surface area contributed by atoms with Gasteiger partial charge in [0.15, 0.2) is 0 Å². The van der Waals surface area contributed by atoms with Crippen molar-refractivity contribution >= 4 is 23.5 Å². The van der Waals surface area contributed by atoms with Crippen LogP contribution in [0, 0.1) is 5.82 Å². The lowest BCUT2D eigenvalue weighted by molar-refractivity contribution is -0.148. The van der Waals surface area contributed by atoms with Crippen LogP contribution in [-0.4, -0.2) is 75.2 Å². The van der Waals surface area contributed by atoms with Gasteiger partial charge in [0, 0.05) is 29.4 Å². The second kappa shape index (κ2) is 9.72. The number of hydrogen-bond acceptors (Lipinski definition) is 8. The minimum absolute atomic E-state index is 0.0252. The Morgan fingerprint density at radius 2 is 2.09 bits per heavy atom. The Hall–Kier alpha value is -2.96. The lowest BCUT2D eigenvalue weighted by Crippen LogP contribution is -2.53. The van der Waals surface area contributed by atoms with Crippen molar-refractivity contribution in [3.05, 3.63) is 58.3 Å². The van der Waals surface area contributed by atoms with Crippen LogP contribution in [0.3, 0.4) is 0 Å². The zero-order chi connectivity index (χ0) is 24.5. The van der Waals surface area contributed by atoms with E-state index in [-0.39, 0.29) is 48.4 Å². The van der Waals surface area contributed by atoms with Gasteiger partial charge in [-0.2, -0.15) is 10.2 Å². The van der Waals surface area contributed by atoms with Gasteiger partial charge in [0.25, 0.3) is 5.92 Å². The Morgan fingerprint density at radius 1 is 1.35 bits per heavy atom. The number of nitrogens with one attached hydrogen (secondary N) is 1. The highest BCUT2D eigenvalue weighted by molar-refractivity contribution is 6.31. The molecule has 0 radical (unpaired) electrons. The second-order valence-electron chi connectivity index (χ2n) is 7.85. The third kappa shape index (κ3) is 4.93. The fourth-order valence-electron chi connectivity index (χ4n) is 3.89. The van der Waals surface area contributed by atoms with E-state index >= 15 is 0 Å². The largest absolute Gasteiger partial charge is 0.463 e. The molecule has 2 aliphatic heterocycles. The summed E-state index contributed by atoms with van der Waals surface area (Å²) < 4.78 is 47.3. The number of esters is 1. The molecule has 0 aliphatic carbocycles. The molecule has 1 saturated heterocycles. The highest BCUT2D eigenvalue weighted by Crippen LogP contribution is 2.37. The number of hydrogen-bond donors (Lipinski definition) is 2. The smallest absolute Gasteiger partial charge is 0.338 e. The van der Waals surface area contributed by atoms with Gasteiger partial charge in [0.2, 0.25) is 5.96 Å². The van der Waals surface area contributed by atoms with E-state index < -0.39 is 36.4 Å². The van der Waals surface area contributed by atoms with Crippen molar-refractivity contribution in [2.45, 2.75) is 31.4 Å². The Morgan fingerprint density at radius 3 is 2.74 bits per heavy atom. The summed E-state index contributed by atoms with van der Waals surface area (Å²) in [5, 5.41) is 20.7. The number of benzene rings is 1. The summed E-state index contributed by atoms with van der Waals surface area (Å²) in [6, 6.07) is 2.63. The van der Waals surface area contributed by atoms with Gasteiger partial charge in [-0.1, -0.05) is 17.7 Å². The van der Waals surface area contributed by atoms with Crippen molar-refractivity contribution in [2.24, 2.45) is 4.99 Å². The van der Waals surface area contributed by atoms with Crippen LogP contribution < -0.4 is 5.32 Å². The third-order valence-corrected chi connectivity index (χ3v) is 5.82. The predicted molar refractivity (Wildman–Crippen MR) is 116 cm³/mol. The topological polar surface area (TPSA) is 105 Å². The Balaban J connectivity index is 1.80. The van der Waals surface area contributed by atoms with Crippen LogP contribution >= 0.6 is 11.6 Å². The van der Waals surface area contributed by atoms with Crippen molar-refractivity contribution in [1.29, 1.82) is 0 Å². The van der Waals surface area contributed by atoms with Crippen LogP contribution in [0.25, 0.3) is 0 Å². The number of piperidine rings is 1. The minimum Gasteiger partial charge on any atom is -0.463 e. The van der Waals surface area contributed by atoms with Gasteiger partial charge < -0.3 is 15.2 Å². The highest BCUT2D eigenvalue weighted by atomic mass is 35.5. The van der Waals surface area contributed by atoms with Crippen LogP contribution in [0.5, 0.6) is 0 Å². The monoisotopic (exact) mass is 498 g/mol. The molecule has 0 bridgehead atoms.